The number of aliphatic hydroxyl groups is 1. The lowest BCUT2D eigenvalue weighted by molar-refractivity contribution is -0.0510. The zero-order valence-corrected chi connectivity index (χ0v) is 24.8. The van der Waals surface area contributed by atoms with Gasteiger partial charge in [0.05, 0.1) is 18.8 Å². The standard InChI is InChI=1S/C19H23FN2O3.C11H15FN2O4/c1-4-15-13(2)19(3,20)17(25-15)21-11-10-16(23)22(18(21)24)12-14-8-6-5-7-9-14;1-3-6-8(16)11(2,12)9(18-6)14-5-4-7(15)13-10(14)17/h5-11,13,15,17H,4,12H2,1-3H3;4-6,8-9,16H,3H2,1-2H3,(H,13,15,17)/t13-,15-,17-,19-;6-,8-,9-,11-/m11/s1. The Balaban J connectivity index is 0.000000208. The molecule has 8 atom stereocenters. The van der Waals surface area contributed by atoms with Crippen molar-refractivity contribution in [3.05, 3.63) is 102 Å². The Bertz CT molecular complexity index is 1650. The van der Waals surface area contributed by atoms with Gasteiger partial charge < -0.3 is 14.6 Å². The number of aromatic nitrogens is 4. The van der Waals surface area contributed by atoms with E-state index < -0.39 is 58.5 Å². The fraction of sp³-hybridized carbons (Fsp3) is 0.533. The summed E-state index contributed by atoms with van der Waals surface area (Å²) < 4.78 is 44.1. The number of aliphatic hydroxyl groups excluding tert-OH is 1. The summed E-state index contributed by atoms with van der Waals surface area (Å²) in [6.45, 7) is 8.24. The van der Waals surface area contributed by atoms with Crippen LogP contribution in [0, 0.1) is 5.92 Å². The van der Waals surface area contributed by atoms with Gasteiger partial charge in [0.15, 0.2) is 23.8 Å². The number of nitrogens with zero attached hydrogens (tertiary/aromatic N) is 3. The molecule has 0 amide bonds. The third kappa shape index (κ3) is 6.20. The lowest BCUT2D eigenvalue weighted by Gasteiger charge is -2.26. The SMILES string of the molecule is CC[C@H]1O[C@@H](n2ccc(=O)[nH]c2=O)[C@](C)(F)[C@@H]1O.CC[C@H]1O[C@@H](n2ccc(=O)n(Cc3ccccc3)c2=O)[C@](C)(F)[C@@H]1C. The molecule has 2 aliphatic heterocycles. The van der Waals surface area contributed by atoms with Gasteiger partial charge in [0.25, 0.3) is 11.1 Å². The van der Waals surface area contributed by atoms with Crippen molar-refractivity contribution in [2.24, 2.45) is 5.92 Å². The van der Waals surface area contributed by atoms with Crippen molar-refractivity contribution in [2.45, 2.75) is 96.1 Å². The highest BCUT2D eigenvalue weighted by atomic mass is 19.1. The van der Waals surface area contributed by atoms with E-state index in [9.17, 15) is 28.7 Å². The van der Waals surface area contributed by atoms with Crippen LogP contribution in [0.15, 0.2) is 74.0 Å². The van der Waals surface area contributed by atoms with E-state index in [1.54, 1.807) is 13.8 Å². The van der Waals surface area contributed by atoms with Gasteiger partial charge in [-0.2, -0.15) is 0 Å². The van der Waals surface area contributed by atoms with Gasteiger partial charge in [-0.15, -0.1) is 0 Å². The van der Waals surface area contributed by atoms with Crippen molar-refractivity contribution in [1.29, 1.82) is 0 Å². The average molecular weight is 605 g/mol. The Morgan fingerprint density at radius 2 is 1.44 bits per heavy atom. The van der Waals surface area contributed by atoms with Crippen molar-refractivity contribution in [3.63, 3.8) is 0 Å². The molecule has 0 radical (unpaired) electrons. The first-order valence-electron chi connectivity index (χ1n) is 14.3. The Hall–Kier alpha value is -3.68. The maximum atomic E-state index is 15.3. The predicted molar refractivity (Wildman–Crippen MR) is 154 cm³/mol. The van der Waals surface area contributed by atoms with Crippen LogP contribution in [0.1, 0.15) is 65.5 Å². The summed E-state index contributed by atoms with van der Waals surface area (Å²) in [5, 5.41) is 9.81. The van der Waals surface area contributed by atoms with Gasteiger partial charge in [-0.05, 0) is 32.3 Å². The summed E-state index contributed by atoms with van der Waals surface area (Å²) in [6.07, 6.45) is -0.959. The zero-order valence-electron chi connectivity index (χ0n) is 24.8. The monoisotopic (exact) mass is 604 g/mol. The zero-order chi connectivity index (χ0) is 31.7. The number of nitrogens with one attached hydrogen (secondary N) is 1. The van der Waals surface area contributed by atoms with Gasteiger partial charge in [0, 0.05) is 30.4 Å². The average Bonchev–Trinajstić information content (AvgIpc) is 3.34. The summed E-state index contributed by atoms with van der Waals surface area (Å²) in [5.41, 5.74) is -5.27. The molecule has 2 fully saturated rings. The molecule has 0 bridgehead atoms. The first-order chi connectivity index (χ1) is 20.2. The van der Waals surface area contributed by atoms with Crippen LogP contribution >= 0.6 is 0 Å². The molecule has 4 heterocycles. The summed E-state index contributed by atoms with van der Waals surface area (Å²) in [6, 6.07) is 11.6. The highest BCUT2D eigenvalue weighted by molar-refractivity contribution is 5.15. The highest BCUT2D eigenvalue weighted by Crippen LogP contribution is 2.45. The minimum atomic E-state index is -2.09. The molecule has 0 spiro atoms. The van der Waals surface area contributed by atoms with Crippen molar-refractivity contribution in [2.75, 3.05) is 0 Å². The molecule has 234 valence electrons. The number of H-pyrrole nitrogens is 1. The van der Waals surface area contributed by atoms with E-state index in [1.807, 2.05) is 42.2 Å². The maximum absolute atomic E-state index is 15.3. The highest BCUT2D eigenvalue weighted by Gasteiger charge is 2.55. The van der Waals surface area contributed by atoms with Gasteiger partial charge in [0.1, 0.15) is 6.10 Å². The van der Waals surface area contributed by atoms with Gasteiger partial charge in [-0.1, -0.05) is 51.1 Å². The number of hydrogen-bond acceptors (Lipinski definition) is 7. The van der Waals surface area contributed by atoms with Crippen LogP contribution in [-0.2, 0) is 16.0 Å². The van der Waals surface area contributed by atoms with Crippen molar-refractivity contribution >= 4 is 0 Å². The third-order valence-electron chi connectivity index (χ3n) is 8.39. The van der Waals surface area contributed by atoms with Crippen molar-refractivity contribution in [3.8, 4) is 0 Å². The van der Waals surface area contributed by atoms with Gasteiger partial charge in [-0.3, -0.25) is 28.3 Å². The van der Waals surface area contributed by atoms with Crippen LogP contribution in [-0.4, -0.2) is 53.4 Å². The first-order valence-corrected chi connectivity index (χ1v) is 14.3. The number of hydrogen-bond donors (Lipinski definition) is 2. The number of benzene rings is 1. The largest absolute Gasteiger partial charge is 0.387 e. The molecule has 2 aliphatic rings. The lowest BCUT2D eigenvalue weighted by atomic mass is 9.88. The lowest BCUT2D eigenvalue weighted by Crippen LogP contribution is -2.44. The van der Waals surface area contributed by atoms with E-state index >= 15 is 4.39 Å². The second-order valence-corrected chi connectivity index (χ2v) is 11.3. The van der Waals surface area contributed by atoms with Crippen molar-refractivity contribution in [1.82, 2.24) is 18.7 Å². The quantitative estimate of drug-likeness (QED) is 0.441. The molecule has 2 N–H and O–H groups in total. The summed E-state index contributed by atoms with van der Waals surface area (Å²) in [4.78, 5) is 49.6. The smallest absolute Gasteiger partial charge is 0.333 e. The predicted octanol–water partition coefficient (Wildman–Crippen LogP) is 2.66. The van der Waals surface area contributed by atoms with Gasteiger partial charge >= 0.3 is 11.4 Å². The molecule has 0 saturated carbocycles. The van der Waals surface area contributed by atoms with Crippen LogP contribution < -0.4 is 22.5 Å². The molecular weight excluding hydrogens is 566 g/mol. The van der Waals surface area contributed by atoms with E-state index in [-0.39, 0.29) is 18.6 Å². The molecular formula is C30H38F2N4O7. The fourth-order valence-corrected chi connectivity index (χ4v) is 5.57. The van der Waals surface area contributed by atoms with E-state index in [4.69, 9.17) is 9.47 Å². The fourth-order valence-electron chi connectivity index (χ4n) is 5.57. The van der Waals surface area contributed by atoms with E-state index in [0.29, 0.717) is 12.8 Å². The number of rotatable bonds is 6. The number of ether oxygens (including phenoxy) is 2. The minimum absolute atomic E-state index is 0.141. The normalized spacial score (nSPS) is 31.9. The van der Waals surface area contributed by atoms with Crippen LogP contribution in [0.2, 0.25) is 0 Å². The molecule has 1 aromatic carbocycles. The van der Waals surface area contributed by atoms with Crippen LogP contribution in [0.4, 0.5) is 8.78 Å². The molecule has 0 unspecified atom stereocenters. The van der Waals surface area contributed by atoms with Gasteiger partial charge in [-0.25, -0.2) is 18.4 Å². The first kappa shape index (κ1) is 32.2. The Morgan fingerprint density at radius 1 is 0.860 bits per heavy atom. The Labute approximate surface area is 246 Å². The second kappa shape index (κ2) is 12.5. The Morgan fingerprint density at radius 3 is 2.00 bits per heavy atom. The molecule has 11 nitrogen and oxygen atoms in total. The van der Waals surface area contributed by atoms with Crippen molar-refractivity contribution < 1.29 is 23.4 Å². The van der Waals surface area contributed by atoms with Crippen LogP contribution in [0.25, 0.3) is 0 Å². The third-order valence-corrected chi connectivity index (χ3v) is 8.39. The number of halogens is 2. The second-order valence-electron chi connectivity index (χ2n) is 11.3. The van der Waals surface area contributed by atoms with E-state index in [0.717, 1.165) is 27.0 Å². The molecule has 43 heavy (non-hydrogen) atoms. The molecule has 5 rings (SSSR count). The Kier molecular flexibility index (Phi) is 9.38. The summed E-state index contributed by atoms with van der Waals surface area (Å²) in [7, 11) is 0. The maximum Gasteiger partial charge on any atom is 0.333 e. The topological polar surface area (TPSA) is 138 Å². The van der Waals surface area contributed by atoms with E-state index in [2.05, 4.69) is 0 Å². The molecule has 3 aromatic rings. The molecule has 2 saturated heterocycles. The van der Waals surface area contributed by atoms with Gasteiger partial charge in [0.2, 0.25) is 0 Å². The molecule has 2 aromatic heterocycles. The summed E-state index contributed by atoms with van der Waals surface area (Å²) in [5.74, 6) is -0.344. The number of alkyl halides is 2. The summed E-state index contributed by atoms with van der Waals surface area (Å²) >= 11 is 0. The van der Waals surface area contributed by atoms with Crippen LogP contribution in [0.5, 0.6) is 0 Å². The van der Waals surface area contributed by atoms with E-state index in [1.165, 1.54) is 30.7 Å². The minimum Gasteiger partial charge on any atom is -0.387 e. The molecule has 0 aliphatic carbocycles. The number of aromatic amines is 1. The van der Waals surface area contributed by atoms with Crippen LogP contribution in [0.3, 0.4) is 0 Å². The molecule has 13 heteroatoms.